The van der Waals surface area contributed by atoms with Crippen molar-refractivity contribution in [2.45, 2.75) is 88.6 Å². The molecular weight excluding hydrogens is 481 g/mol. The lowest BCUT2D eigenvalue weighted by Crippen LogP contribution is -2.78. The van der Waals surface area contributed by atoms with Gasteiger partial charge in [-0.1, -0.05) is 56.5 Å². The van der Waals surface area contributed by atoms with Crippen LogP contribution in [-0.2, 0) is 9.59 Å². The normalized spacial score (nSPS) is 32.3. The molecule has 2 unspecified atom stereocenters. The summed E-state index contributed by atoms with van der Waals surface area (Å²) >= 11 is 5.68. The Bertz CT molecular complexity index is 946. The Hall–Kier alpha value is -1.86. The van der Waals surface area contributed by atoms with Gasteiger partial charge in [0.2, 0.25) is 5.91 Å². The van der Waals surface area contributed by atoms with Crippen LogP contribution in [0.3, 0.4) is 0 Å². The molecule has 0 spiro atoms. The lowest BCUT2D eigenvalue weighted by molar-refractivity contribution is -0.184. The highest BCUT2D eigenvalue weighted by molar-refractivity contribution is 6.30. The summed E-state index contributed by atoms with van der Waals surface area (Å²) in [6, 6.07) is 4.46. The van der Waals surface area contributed by atoms with E-state index < -0.39 is 5.82 Å². The van der Waals surface area contributed by atoms with Crippen LogP contribution >= 0.6 is 11.6 Å². The molecule has 5 aliphatic rings. The van der Waals surface area contributed by atoms with Gasteiger partial charge in [0.15, 0.2) is 6.61 Å². The highest BCUT2D eigenvalue weighted by atomic mass is 35.5. The summed E-state index contributed by atoms with van der Waals surface area (Å²) in [7, 11) is 0. The van der Waals surface area contributed by atoms with E-state index in [4.69, 9.17) is 16.3 Å². The number of ether oxygens (including phenoxy) is 1. The first kappa shape index (κ1) is 25.8. The number of hydrogen-bond acceptors (Lipinski definition) is 4. The fraction of sp³-hybridized carbons (Fsp3) is 0.714. The first-order valence-corrected chi connectivity index (χ1v) is 14.2. The highest BCUT2D eigenvalue weighted by Crippen LogP contribution is 2.67. The van der Waals surface area contributed by atoms with Crippen LogP contribution in [0.25, 0.3) is 0 Å². The van der Waals surface area contributed by atoms with Gasteiger partial charge in [-0.15, -0.1) is 0 Å². The van der Waals surface area contributed by atoms with Crippen LogP contribution < -0.4 is 20.7 Å². The second-order valence-corrected chi connectivity index (χ2v) is 12.1. The number of piperidine rings is 1. The van der Waals surface area contributed by atoms with Crippen LogP contribution in [0.5, 0.6) is 5.75 Å². The van der Waals surface area contributed by atoms with E-state index in [-0.39, 0.29) is 40.1 Å². The molecule has 1 aliphatic heterocycles. The largest absolute Gasteiger partial charge is 0.484 e. The van der Waals surface area contributed by atoms with E-state index in [1.165, 1.54) is 76.0 Å². The monoisotopic (exact) mass is 519 g/mol. The standard InChI is InChI=1S/C28H39ClFN3O3/c29-22-11-10-20(13-23(22)30)36-15-25(34)33-28-16-27(17-28,18-28)26(35)32-14-24-21(9-6-12-31-24)19-7-4-2-1-3-5-8-19/h10-11,13,19,21,24,31H,1-9,12,14-18H2,(H,32,35)(H,33,34). The van der Waals surface area contributed by atoms with Crippen LogP contribution in [0.1, 0.15) is 77.0 Å². The summed E-state index contributed by atoms with van der Waals surface area (Å²) in [6.45, 7) is 1.54. The lowest BCUT2D eigenvalue weighted by Gasteiger charge is -2.69. The van der Waals surface area contributed by atoms with Gasteiger partial charge in [0.1, 0.15) is 11.6 Å². The van der Waals surface area contributed by atoms with Gasteiger partial charge in [-0.2, -0.15) is 0 Å². The van der Waals surface area contributed by atoms with E-state index in [9.17, 15) is 14.0 Å². The number of amides is 2. The minimum atomic E-state index is -0.582. The Labute approximate surface area is 218 Å². The SMILES string of the molecule is O=C(COc1ccc(Cl)c(F)c1)NC12CC(C(=O)NCC3NCCCC3C3CCCCCCC3)(C1)C2. The molecule has 4 aliphatic carbocycles. The molecule has 2 bridgehead atoms. The third kappa shape index (κ3) is 5.52. The smallest absolute Gasteiger partial charge is 0.258 e. The molecule has 3 N–H and O–H groups in total. The van der Waals surface area contributed by atoms with E-state index in [0.29, 0.717) is 37.8 Å². The maximum atomic E-state index is 13.5. The lowest BCUT2D eigenvalue weighted by atomic mass is 9.39. The molecule has 198 valence electrons. The number of carbonyl (C=O) groups is 2. The van der Waals surface area contributed by atoms with Gasteiger partial charge < -0.3 is 20.7 Å². The number of nitrogens with one attached hydrogen (secondary N) is 3. The zero-order chi connectivity index (χ0) is 25.2. The van der Waals surface area contributed by atoms with Crippen LogP contribution in [0.15, 0.2) is 18.2 Å². The van der Waals surface area contributed by atoms with Crippen LogP contribution in [0.2, 0.25) is 5.02 Å². The van der Waals surface area contributed by atoms with Crippen molar-refractivity contribution in [2.75, 3.05) is 19.7 Å². The summed E-state index contributed by atoms with van der Waals surface area (Å²) in [5.74, 6) is 0.990. The predicted octanol–water partition coefficient (Wildman–Crippen LogP) is 4.74. The summed E-state index contributed by atoms with van der Waals surface area (Å²) in [5.41, 5.74) is -0.634. The van der Waals surface area contributed by atoms with E-state index in [0.717, 1.165) is 12.5 Å². The third-order valence-corrected chi connectivity index (χ3v) is 9.36. The fourth-order valence-corrected chi connectivity index (χ4v) is 7.40. The zero-order valence-corrected chi connectivity index (χ0v) is 21.8. The van der Waals surface area contributed by atoms with Crippen LogP contribution in [0.4, 0.5) is 4.39 Å². The van der Waals surface area contributed by atoms with Gasteiger partial charge in [-0.25, -0.2) is 4.39 Å². The molecule has 0 aromatic heterocycles. The summed E-state index contributed by atoms with van der Waals surface area (Å²) in [5, 5.41) is 10.0. The molecule has 4 saturated carbocycles. The Morgan fingerprint density at radius 2 is 1.78 bits per heavy atom. The molecule has 6 rings (SSSR count). The molecule has 2 atom stereocenters. The average molecular weight is 520 g/mol. The summed E-state index contributed by atoms with van der Waals surface area (Å²) in [6.07, 6.45) is 14.0. The van der Waals surface area contributed by atoms with Crippen molar-refractivity contribution >= 4 is 23.4 Å². The van der Waals surface area contributed by atoms with Gasteiger partial charge in [0, 0.05) is 24.2 Å². The Morgan fingerprint density at radius 3 is 2.50 bits per heavy atom. The molecule has 6 nitrogen and oxygen atoms in total. The minimum absolute atomic E-state index is 0.0128. The Morgan fingerprint density at radius 1 is 1.06 bits per heavy atom. The zero-order valence-electron chi connectivity index (χ0n) is 21.1. The van der Waals surface area contributed by atoms with Crippen molar-refractivity contribution in [3.8, 4) is 5.75 Å². The molecule has 1 heterocycles. The molecule has 1 aromatic rings. The second kappa shape index (κ2) is 10.9. The van der Waals surface area contributed by atoms with Gasteiger partial charge in [-0.3, -0.25) is 9.59 Å². The molecule has 2 amide bonds. The molecular formula is C28H39ClFN3O3. The molecule has 0 radical (unpaired) electrons. The third-order valence-electron chi connectivity index (χ3n) is 9.05. The molecule has 1 aromatic carbocycles. The van der Waals surface area contributed by atoms with Crippen LogP contribution in [-0.4, -0.2) is 43.1 Å². The first-order chi connectivity index (χ1) is 17.4. The van der Waals surface area contributed by atoms with Crippen molar-refractivity contribution in [1.29, 1.82) is 0 Å². The van der Waals surface area contributed by atoms with Crippen molar-refractivity contribution in [1.82, 2.24) is 16.0 Å². The maximum absolute atomic E-state index is 13.5. The predicted molar refractivity (Wildman–Crippen MR) is 137 cm³/mol. The molecule has 8 heteroatoms. The maximum Gasteiger partial charge on any atom is 0.258 e. The topological polar surface area (TPSA) is 79.5 Å². The van der Waals surface area contributed by atoms with E-state index >= 15 is 0 Å². The number of hydrogen-bond donors (Lipinski definition) is 3. The highest BCUT2D eigenvalue weighted by Gasteiger charge is 2.72. The van der Waals surface area contributed by atoms with Crippen molar-refractivity contribution in [3.63, 3.8) is 0 Å². The molecule has 1 saturated heterocycles. The Kier molecular flexibility index (Phi) is 7.78. The van der Waals surface area contributed by atoms with Gasteiger partial charge in [0.25, 0.3) is 5.91 Å². The average Bonchev–Trinajstić information content (AvgIpc) is 2.80. The van der Waals surface area contributed by atoms with Crippen molar-refractivity contribution < 1.29 is 18.7 Å². The Balaban J connectivity index is 1.05. The quantitative estimate of drug-likeness (QED) is 0.463. The first-order valence-electron chi connectivity index (χ1n) is 13.8. The van der Waals surface area contributed by atoms with Gasteiger partial charge in [-0.05, 0) is 62.6 Å². The van der Waals surface area contributed by atoms with Crippen LogP contribution in [0, 0.1) is 23.1 Å². The number of rotatable bonds is 8. The summed E-state index contributed by atoms with van der Waals surface area (Å²) < 4.78 is 18.9. The van der Waals surface area contributed by atoms with E-state index in [1.54, 1.807) is 0 Å². The van der Waals surface area contributed by atoms with Crippen molar-refractivity contribution in [2.24, 2.45) is 17.3 Å². The van der Waals surface area contributed by atoms with E-state index in [1.807, 2.05) is 0 Å². The van der Waals surface area contributed by atoms with Gasteiger partial charge >= 0.3 is 0 Å². The van der Waals surface area contributed by atoms with Crippen molar-refractivity contribution in [3.05, 3.63) is 29.0 Å². The second-order valence-electron chi connectivity index (χ2n) is 11.7. The summed E-state index contributed by atoms with van der Waals surface area (Å²) in [4.78, 5) is 25.5. The number of benzene rings is 1. The van der Waals surface area contributed by atoms with Gasteiger partial charge in [0.05, 0.1) is 10.4 Å². The minimum Gasteiger partial charge on any atom is -0.484 e. The molecule has 5 fully saturated rings. The van der Waals surface area contributed by atoms with E-state index in [2.05, 4.69) is 16.0 Å². The molecule has 36 heavy (non-hydrogen) atoms. The fourth-order valence-electron chi connectivity index (χ4n) is 7.28. The number of halogens is 2. The number of carbonyl (C=O) groups excluding carboxylic acids is 2.